The van der Waals surface area contributed by atoms with Crippen molar-refractivity contribution in [3.63, 3.8) is 0 Å². The second-order valence-electron chi connectivity index (χ2n) is 6.08. The van der Waals surface area contributed by atoms with Gasteiger partial charge < -0.3 is 15.5 Å². The molecule has 0 unspecified atom stereocenters. The molecule has 2 N–H and O–H groups in total. The first-order chi connectivity index (χ1) is 9.63. The van der Waals surface area contributed by atoms with Crippen LogP contribution in [0, 0.1) is 5.92 Å². The van der Waals surface area contributed by atoms with E-state index in [9.17, 15) is 4.79 Å². The Morgan fingerprint density at radius 3 is 3.10 bits per heavy atom. The Balaban J connectivity index is 1.68. The van der Waals surface area contributed by atoms with Gasteiger partial charge in [-0.2, -0.15) is 0 Å². The molecule has 1 aromatic rings. The Hall–Kier alpha value is -1.55. The highest BCUT2D eigenvalue weighted by atomic mass is 16.1. The van der Waals surface area contributed by atoms with Crippen molar-refractivity contribution in [2.24, 2.45) is 5.92 Å². The molecule has 2 aliphatic heterocycles. The summed E-state index contributed by atoms with van der Waals surface area (Å²) in [6.07, 6.45) is 2.96. The largest absolute Gasteiger partial charge is 0.374 e. The maximum Gasteiger partial charge on any atom is 0.227 e. The van der Waals surface area contributed by atoms with Crippen LogP contribution in [0.15, 0.2) is 18.2 Å². The van der Waals surface area contributed by atoms with Gasteiger partial charge in [-0.25, -0.2) is 0 Å². The van der Waals surface area contributed by atoms with Crippen LogP contribution in [0.1, 0.15) is 25.3 Å². The van der Waals surface area contributed by atoms with Crippen molar-refractivity contribution >= 4 is 17.3 Å². The van der Waals surface area contributed by atoms with Crippen molar-refractivity contribution in [1.82, 2.24) is 5.32 Å². The van der Waals surface area contributed by atoms with E-state index >= 15 is 0 Å². The molecule has 1 aromatic carbocycles. The smallest absolute Gasteiger partial charge is 0.227 e. The van der Waals surface area contributed by atoms with E-state index in [1.807, 2.05) is 6.07 Å². The van der Waals surface area contributed by atoms with Crippen molar-refractivity contribution in [2.75, 3.05) is 30.4 Å². The maximum absolute atomic E-state index is 12.3. The van der Waals surface area contributed by atoms with Gasteiger partial charge in [0, 0.05) is 36.9 Å². The Morgan fingerprint density at radius 1 is 1.45 bits per heavy atom. The van der Waals surface area contributed by atoms with E-state index in [1.165, 1.54) is 11.3 Å². The summed E-state index contributed by atoms with van der Waals surface area (Å²) in [5, 5.41) is 6.47. The monoisotopic (exact) mass is 273 g/mol. The van der Waals surface area contributed by atoms with Crippen molar-refractivity contribution in [1.29, 1.82) is 0 Å². The minimum Gasteiger partial charge on any atom is -0.374 e. The van der Waals surface area contributed by atoms with Crippen LogP contribution in [-0.4, -0.2) is 32.1 Å². The average Bonchev–Trinajstić information content (AvgIpc) is 2.80. The number of amides is 1. The first-order valence-corrected chi connectivity index (χ1v) is 7.52. The summed E-state index contributed by atoms with van der Waals surface area (Å²) in [5.41, 5.74) is 3.55. The molecule has 0 aliphatic carbocycles. The highest BCUT2D eigenvalue weighted by Crippen LogP contribution is 2.30. The topological polar surface area (TPSA) is 44.4 Å². The van der Waals surface area contributed by atoms with Gasteiger partial charge in [0.15, 0.2) is 0 Å². The number of likely N-dealkylation sites (N-methyl/N-ethyl adjacent to an activating group) is 1. The van der Waals surface area contributed by atoms with Crippen LogP contribution < -0.4 is 15.5 Å². The molecule has 0 aromatic heterocycles. The predicted octanol–water partition coefficient (Wildman–Crippen LogP) is 2.01. The lowest BCUT2D eigenvalue weighted by atomic mass is 9.92. The fraction of sp³-hybridized carbons (Fsp3) is 0.562. The second kappa shape index (κ2) is 5.44. The number of anilines is 2. The molecule has 0 spiro atoms. The van der Waals surface area contributed by atoms with E-state index in [1.54, 1.807) is 0 Å². The van der Waals surface area contributed by atoms with Crippen LogP contribution in [0.25, 0.3) is 0 Å². The molecule has 4 nitrogen and oxygen atoms in total. The average molecular weight is 273 g/mol. The molecule has 1 fully saturated rings. The number of fused-ring (bicyclic) bond motifs is 1. The Morgan fingerprint density at radius 2 is 2.30 bits per heavy atom. The van der Waals surface area contributed by atoms with Crippen molar-refractivity contribution in [3.05, 3.63) is 23.8 Å². The fourth-order valence-electron chi connectivity index (χ4n) is 3.23. The highest BCUT2D eigenvalue weighted by molar-refractivity contribution is 5.93. The molecule has 0 saturated carbocycles. The summed E-state index contributed by atoms with van der Waals surface area (Å²) in [6.45, 7) is 4.15. The van der Waals surface area contributed by atoms with Crippen LogP contribution in [0.4, 0.5) is 11.4 Å². The zero-order chi connectivity index (χ0) is 14.1. The van der Waals surface area contributed by atoms with Gasteiger partial charge in [-0.15, -0.1) is 0 Å². The summed E-state index contributed by atoms with van der Waals surface area (Å²) >= 11 is 0. The molecule has 0 radical (unpaired) electrons. The zero-order valence-corrected chi connectivity index (χ0v) is 12.3. The minimum absolute atomic E-state index is 0.136. The predicted molar refractivity (Wildman–Crippen MR) is 82.2 cm³/mol. The van der Waals surface area contributed by atoms with Gasteiger partial charge >= 0.3 is 0 Å². The molecule has 20 heavy (non-hydrogen) atoms. The molecule has 108 valence electrons. The number of carbonyl (C=O) groups excluding carboxylic acids is 1. The van der Waals surface area contributed by atoms with Gasteiger partial charge in [0.25, 0.3) is 0 Å². The van der Waals surface area contributed by atoms with Gasteiger partial charge in [-0.1, -0.05) is 6.07 Å². The molecular weight excluding hydrogens is 250 g/mol. The lowest BCUT2D eigenvalue weighted by Crippen LogP contribution is -2.40. The second-order valence-corrected chi connectivity index (χ2v) is 6.08. The van der Waals surface area contributed by atoms with E-state index < -0.39 is 0 Å². The third-order valence-corrected chi connectivity index (χ3v) is 4.48. The number of hydrogen-bond donors (Lipinski definition) is 2. The quantitative estimate of drug-likeness (QED) is 0.866. The first-order valence-electron chi connectivity index (χ1n) is 7.52. The van der Waals surface area contributed by atoms with Gasteiger partial charge in [0.2, 0.25) is 5.91 Å². The van der Waals surface area contributed by atoms with Gasteiger partial charge in [0.1, 0.15) is 0 Å². The summed E-state index contributed by atoms with van der Waals surface area (Å²) in [7, 11) is 2.10. The van der Waals surface area contributed by atoms with E-state index in [4.69, 9.17) is 0 Å². The van der Waals surface area contributed by atoms with E-state index in [-0.39, 0.29) is 11.8 Å². The number of nitrogens with one attached hydrogen (secondary N) is 2. The summed E-state index contributed by atoms with van der Waals surface area (Å²) < 4.78 is 0. The SMILES string of the molecule is C[C@H]1C[C@@H](C(=O)Nc2ccc3c(c2)N(C)CC3)CCN1. The number of nitrogens with zero attached hydrogens (tertiary/aromatic N) is 1. The fourth-order valence-corrected chi connectivity index (χ4v) is 3.23. The summed E-state index contributed by atoms with van der Waals surface area (Å²) in [4.78, 5) is 14.6. The number of carbonyl (C=O) groups is 1. The van der Waals surface area contributed by atoms with Crippen LogP contribution in [-0.2, 0) is 11.2 Å². The van der Waals surface area contributed by atoms with Crippen molar-refractivity contribution in [2.45, 2.75) is 32.2 Å². The molecule has 2 atom stereocenters. The Labute approximate surface area is 120 Å². The Kier molecular flexibility index (Phi) is 3.66. The molecule has 2 heterocycles. The van der Waals surface area contributed by atoms with Gasteiger partial charge in [-0.05, 0) is 50.4 Å². The molecular formula is C16H23N3O. The van der Waals surface area contributed by atoms with Crippen molar-refractivity contribution < 1.29 is 4.79 Å². The third-order valence-electron chi connectivity index (χ3n) is 4.48. The normalized spacial score (nSPS) is 25.4. The standard InChI is InChI=1S/C16H23N3O/c1-11-9-13(5-7-17-11)16(20)18-14-4-3-12-6-8-19(2)15(12)10-14/h3-4,10-11,13,17H,5-9H2,1-2H3,(H,18,20)/t11-,13-/m0/s1. The Bertz CT molecular complexity index is 514. The van der Waals surface area contributed by atoms with E-state index in [0.717, 1.165) is 38.0 Å². The van der Waals surface area contributed by atoms with Crippen LogP contribution in [0.5, 0.6) is 0 Å². The summed E-state index contributed by atoms with van der Waals surface area (Å²) in [5.74, 6) is 0.302. The molecule has 3 rings (SSSR count). The lowest BCUT2D eigenvalue weighted by Gasteiger charge is -2.27. The van der Waals surface area contributed by atoms with E-state index in [0.29, 0.717) is 6.04 Å². The zero-order valence-electron chi connectivity index (χ0n) is 12.3. The van der Waals surface area contributed by atoms with Crippen LogP contribution in [0.3, 0.4) is 0 Å². The molecule has 1 saturated heterocycles. The van der Waals surface area contributed by atoms with Crippen molar-refractivity contribution in [3.8, 4) is 0 Å². The number of rotatable bonds is 2. The van der Waals surface area contributed by atoms with Crippen LogP contribution in [0.2, 0.25) is 0 Å². The minimum atomic E-state index is 0.136. The number of benzene rings is 1. The first kappa shape index (κ1) is 13.4. The molecule has 4 heteroatoms. The molecule has 1 amide bonds. The maximum atomic E-state index is 12.3. The van der Waals surface area contributed by atoms with Crippen LogP contribution >= 0.6 is 0 Å². The number of piperidine rings is 1. The summed E-state index contributed by atoms with van der Waals surface area (Å²) in [6, 6.07) is 6.70. The molecule has 0 bridgehead atoms. The lowest BCUT2D eigenvalue weighted by molar-refractivity contribution is -0.120. The number of hydrogen-bond acceptors (Lipinski definition) is 3. The molecule has 2 aliphatic rings. The highest BCUT2D eigenvalue weighted by Gasteiger charge is 2.25. The van der Waals surface area contributed by atoms with E-state index in [2.05, 4.69) is 41.6 Å². The van der Waals surface area contributed by atoms with Gasteiger partial charge in [-0.3, -0.25) is 4.79 Å². The van der Waals surface area contributed by atoms with Gasteiger partial charge in [0.05, 0.1) is 0 Å². The third kappa shape index (κ3) is 2.66.